The lowest BCUT2D eigenvalue weighted by Gasteiger charge is -2.23. The predicted molar refractivity (Wildman–Crippen MR) is 114 cm³/mol. The summed E-state index contributed by atoms with van der Waals surface area (Å²) in [7, 11) is 1.67. The minimum absolute atomic E-state index is 0.0478. The Kier molecular flexibility index (Phi) is 4.89. The van der Waals surface area contributed by atoms with Crippen LogP contribution in [0.3, 0.4) is 0 Å². The van der Waals surface area contributed by atoms with Crippen molar-refractivity contribution in [3.05, 3.63) is 71.8 Å². The molecule has 8 nitrogen and oxygen atoms in total. The summed E-state index contributed by atoms with van der Waals surface area (Å²) in [5.41, 5.74) is 1.82. The van der Waals surface area contributed by atoms with E-state index in [1.54, 1.807) is 13.1 Å². The van der Waals surface area contributed by atoms with Gasteiger partial charge in [0.15, 0.2) is 0 Å². The van der Waals surface area contributed by atoms with Gasteiger partial charge < -0.3 is 15.0 Å². The fraction of sp³-hybridized carbons (Fsp3) is 0.304. The van der Waals surface area contributed by atoms with Crippen LogP contribution >= 0.6 is 0 Å². The van der Waals surface area contributed by atoms with E-state index in [2.05, 4.69) is 27.5 Å². The fourth-order valence-corrected chi connectivity index (χ4v) is 4.21. The van der Waals surface area contributed by atoms with E-state index < -0.39 is 11.9 Å². The minimum atomic E-state index is -0.824. The molecule has 2 amide bonds. The summed E-state index contributed by atoms with van der Waals surface area (Å²) < 4.78 is 7.62. The SMILES string of the molecule is CN1C(=O)[C@@H](NC(=O)c2nc3n(n2)[C@H](c2ccccc2)CCC3)COc2ccccc21. The van der Waals surface area contributed by atoms with Crippen molar-refractivity contribution in [2.45, 2.75) is 31.3 Å². The maximum absolute atomic E-state index is 12.9. The molecule has 0 radical (unpaired) electrons. The molecule has 8 heteroatoms. The molecule has 0 fully saturated rings. The number of anilines is 1. The molecule has 0 spiro atoms. The molecule has 0 saturated carbocycles. The molecule has 2 aliphatic rings. The molecule has 0 aliphatic carbocycles. The van der Waals surface area contributed by atoms with Crippen LogP contribution in [0.4, 0.5) is 5.69 Å². The third-order valence-corrected chi connectivity index (χ3v) is 5.83. The highest BCUT2D eigenvalue weighted by atomic mass is 16.5. The van der Waals surface area contributed by atoms with Crippen LogP contribution in [0.1, 0.15) is 40.9 Å². The van der Waals surface area contributed by atoms with Crippen LogP contribution < -0.4 is 15.0 Å². The summed E-state index contributed by atoms with van der Waals surface area (Å²) in [5.74, 6) is 0.754. The number of carbonyl (C=O) groups is 2. The zero-order chi connectivity index (χ0) is 21.4. The number of aryl methyl sites for hydroxylation is 1. The van der Waals surface area contributed by atoms with Crippen molar-refractivity contribution in [1.82, 2.24) is 20.1 Å². The summed E-state index contributed by atoms with van der Waals surface area (Å²) in [5, 5.41) is 7.27. The van der Waals surface area contributed by atoms with Crippen LogP contribution in [-0.4, -0.2) is 46.3 Å². The zero-order valence-electron chi connectivity index (χ0n) is 17.2. The van der Waals surface area contributed by atoms with Gasteiger partial charge in [-0.05, 0) is 30.5 Å². The van der Waals surface area contributed by atoms with Gasteiger partial charge in [0.25, 0.3) is 11.8 Å². The Morgan fingerprint density at radius 1 is 1.13 bits per heavy atom. The molecule has 1 aromatic heterocycles. The molecular formula is C23H23N5O3. The predicted octanol–water partition coefficient (Wildman–Crippen LogP) is 2.36. The van der Waals surface area contributed by atoms with Crippen molar-refractivity contribution in [2.75, 3.05) is 18.6 Å². The molecule has 158 valence electrons. The maximum atomic E-state index is 12.9. The first-order valence-corrected chi connectivity index (χ1v) is 10.4. The van der Waals surface area contributed by atoms with Crippen LogP contribution in [0.25, 0.3) is 0 Å². The summed E-state index contributed by atoms with van der Waals surface area (Å²) >= 11 is 0. The smallest absolute Gasteiger partial charge is 0.291 e. The molecule has 2 aliphatic heterocycles. The van der Waals surface area contributed by atoms with Crippen LogP contribution in [-0.2, 0) is 11.2 Å². The van der Waals surface area contributed by atoms with Gasteiger partial charge >= 0.3 is 0 Å². The Labute approximate surface area is 179 Å². The monoisotopic (exact) mass is 417 g/mol. The van der Waals surface area contributed by atoms with Gasteiger partial charge in [0.2, 0.25) is 5.82 Å². The number of fused-ring (bicyclic) bond motifs is 2. The van der Waals surface area contributed by atoms with Crippen molar-refractivity contribution in [2.24, 2.45) is 0 Å². The number of amides is 2. The minimum Gasteiger partial charge on any atom is -0.489 e. The lowest BCUT2D eigenvalue weighted by molar-refractivity contribution is -0.120. The van der Waals surface area contributed by atoms with Crippen molar-refractivity contribution in [3.63, 3.8) is 0 Å². The van der Waals surface area contributed by atoms with Crippen LogP contribution in [0.5, 0.6) is 5.75 Å². The van der Waals surface area contributed by atoms with E-state index >= 15 is 0 Å². The number of carbonyl (C=O) groups excluding carboxylic acids is 2. The number of para-hydroxylation sites is 2. The highest BCUT2D eigenvalue weighted by molar-refractivity contribution is 6.02. The van der Waals surface area contributed by atoms with Gasteiger partial charge in [-0.2, -0.15) is 0 Å². The van der Waals surface area contributed by atoms with Crippen molar-refractivity contribution in [1.29, 1.82) is 0 Å². The normalized spacial score (nSPS) is 20.3. The number of ether oxygens (including phenoxy) is 1. The number of nitrogens with zero attached hydrogens (tertiary/aromatic N) is 4. The topological polar surface area (TPSA) is 89.4 Å². The van der Waals surface area contributed by atoms with Crippen LogP contribution in [0.15, 0.2) is 54.6 Å². The van der Waals surface area contributed by atoms with Gasteiger partial charge in [-0.25, -0.2) is 9.67 Å². The summed E-state index contributed by atoms with van der Waals surface area (Å²) in [6.45, 7) is 0.0478. The summed E-state index contributed by atoms with van der Waals surface area (Å²) in [4.78, 5) is 31.8. The Bertz CT molecular complexity index is 1130. The molecule has 1 N–H and O–H groups in total. The van der Waals surface area contributed by atoms with Gasteiger partial charge in [0.05, 0.1) is 11.7 Å². The average Bonchev–Trinajstić information content (AvgIpc) is 3.22. The molecule has 0 saturated heterocycles. The first-order valence-electron chi connectivity index (χ1n) is 10.4. The van der Waals surface area contributed by atoms with Gasteiger partial charge in [0.1, 0.15) is 24.2 Å². The van der Waals surface area contributed by atoms with E-state index in [1.807, 2.05) is 41.1 Å². The van der Waals surface area contributed by atoms with E-state index in [-0.39, 0.29) is 24.4 Å². The van der Waals surface area contributed by atoms with Crippen molar-refractivity contribution in [3.8, 4) is 5.75 Å². The molecule has 5 rings (SSSR count). The molecule has 3 heterocycles. The largest absolute Gasteiger partial charge is 0.489 e. The Hall–Kier alpha value is -3.68. The highest BCUT2D eigenvalue weighted by Crippen LogP contribution is 2.31. The van der Waals surface area contributed by atoms with Gasteiger partial charge in [0, 0.05) is 13.5 Å². The maximum Gasteiger partial charge on any atom is 0.291 e. The molecule has 3 aromatic rings. The van der Waals surface area contributed by atoms with E-state index in [0.29, 0.717) is 11.4 Å². The molecule has 0 bridgehead atoms. The van der Waals surface area contributed by atoms with Crippen LogP contribution in [0.2, 0.25) is 0 Å². The number of hydrogen-bond acceptors (Lipinski definition) is 5. The lowest BCUT2D eigenvalue weighted by atomic mass is 9.98. The second-order valence-electron chi connectivity index (χ2n) is 7.82. The van der Waals surface area contributed by atoms with Gasteiger partial charge in [-0.15, -0.1) is 5.10 Å². The second-order valence-corrected chi connectivity index (χ2v) is 7.82. The number of rotatable bonds is 3. The third kappa shape index (κ3) is 3.54. The van der Waals surface area contributed by atoms with Crippen molar-refractivity contribution >= 4 is 17.5 Å². The van der Waals surface area contributed by atoms with E-state index in [4.69, 9.17) is 4.74 Å². The van der Waals surface area contributed by atoms with Gasteiger partial charge in [-0.1, -0.05) is 42.5 Å². The van der Waals surface area contributed by atoms with E-state index in [0.717, 1.165) is 30.7 Å². The quantitative estimate of drug-likeness (QED) is 0.707. The van der Waals surface area contributed by atoms with Crippen LogP contribution in [0, 0.1) is 0 Å². The number of benzene rings is 2. The number of nitrogens with one attached hydrogen (secondary N) is 1. The highest BCUT2D eigenvalue weighted by Gasteiger charge is 2.32. The van der Waals surface area contributed by atoms with E-state index in [9.17, 15) is 9.59 Å². The average molecular weight is 417 g/mol. The Balaban J connectivity index is 1.36. The fourth-order valence-electron chi connectivity index (χ4n) is 4.21. The third-order valence-electron chi connectivity index (χ3n) is 5.83. The molecule has 0 unspecified atom stereocenters. The number of likely N-dealkylation sites (N-methyl/N-ethyl adjacent to an activating group) is 1. The lowest BCUT2D eigenvalue weighted by Crippen LogP contribution is -2.49. The molecular weight excluding hydrogens is 394 g/mol. The Morgan fingerprint density at radius 2 is 1.90 bits per heavy atom. The molecule has 31 heavy (non-hydrogen) atoms. The Morgan fingerprint density at radius 3 is 2.74 bits per heavy atom. The standard InChI is InChI=1S/C23H23N5O3/c1-27-18-10-5-6-12-19(18)31-14-16(23(27)30)24-22(29)21-25-20-13-7-11-17(28(20)26-21)15-8-3-2-4-9-15/h2-6,8-10,12,16-17H,7,11,13-14H2,1H3,(H,24,29)/t16-,17-/m0/s1. The number of aromatic nitrogens is 3. The summed E-state index contributed by atoms with van der Waals surface area (Å²) in [6, 6.07) is 16.6. The number of hydrogen-bond donors (Lipinski definition) is 1. The van der Waals surface area contributed by atoms with E-state index in [1.165, 1.54) is 4.90 Å². The first kappa shape index (κ1) is 19.3. The van der Waals surface area contributed by atoms with Crippen molar-refractivity contribution < 1.29 is 14.3 Å². The molecule has 2 atom stereocenters. The summed E-state index contributed by atoms with van der Waals surface area (Å²) in [6.07, 6.45) is 2.70. The molecule has 2 aromatic carbocycles. The first-order chi connectivity index (χ1) is 15.1. The zero-order valence-corrected chi connectivity index (χ0v) is 17.2. The van der Waals surface area contributed by atoms with Gasteiger partial charge in [-0.3, -0.25) is 9.59 Å². The second kappa shape index (κ2) is 7.86.